The molecule has 1 heterocycles. The molecule has 0 saturated carbocycles. The van der Waals surface area contributed by atoms with Crippen LogP contribution in [0.2, 0.25) is 15.1 Å². The van der Waals surface area contributed by atoms with E-state index in [4.69, 9.17) is 44.3 Å². The van der Waals surface area contributed by atoms with Crippen molar-refractivity contribution in [2.75, 3.05) is 6.61 Å². The number of para-hydroxylation sites is 1. The minimum Gasteiger partial charge on any atom is -0.490 e. The summed E-state index contributed by atoms with van der Waals surface area (Å²) in [6, 6.07) is 20.8. The van der Waals surface area contributed by atoms with Crippen LogP contribution in [0.25, 0.3) is 22.0 Å². The lowest BCUT2D eigenvalue weighted by atomic mass is 10.0. The topological polar surface area (TPSA) is 92.8 Å². The van der Waals surface area contributed by atoms with Crippen molar-refractivity contribution in [1.29, 1.82) is 0 Å². The van der Waals surface area contributed by atoms with Gasteiger partial charge < -0.3 is 14.5 Å². The van der Waals surface area contributed by atoms with Crippen LogP contribution in [0, 0.1) is 5.82 Å². The first-order valence-corrected chi connectivity index (χ1v) is 13.7. The standard InChI is InChI=1S/C31H21Cl3FN3O4/c1-2-41-26-14-17(10-13-25(26)42-31(40)20-12-11-18(32)15-23(20)34)16-36-38-30(39)29-27(19-6-3-4-8-22(19)33)21-7-5-9-24(35)28(21)37-29/h3-16,37H,2H2,1H3,(H,38,39). The highest BCUT2D eigenvalue weighted by Gasteiger charge is 2.22. The highest BCUT2D eigenvalue weighted by molar-refractivity contribution is 6.36. The van der Waals surface area contributed by atoms with Crippen LogP contribution in [-0.4, -0.2) is 29.7 Å². The quantitative estimate of drug-likeness (QED) is 0.0786. The maximum atomic E-state index is 14.6. The molecule has 5 aromatic rings. The van der Waals surface area contributed by atoms with Gasteiger partial charge in [-0.3, -0.25) is 4.79 Å². The van der Waals surface area contributed by atoms with E-state index in [-0.39, 0.29) is 33.3 Å². The number of hydrogen-bond acceptors (Lipinski definition) is 5. The number of rotatable bonds is 8. The van der Waals surface area contributed by atoms with Crippen LogP contribution in [0.1, 0.15) is 33.3 Å². The molecule has 0 aliphatic rings. The molecule has 42 heavy (non-hydrogen) atoms. The van der Waals surface area contributed by atoms with Crippen molar-refractivity contribution in [3.05, 3.63) is 117 Å². The summed E-state index contributed by atoms with van der Waals surface area (Å²) >= 11 is 18.5. The second kappa shape index (κ2) is 12.7. The van der Waals surface area contributed by atoms with E-state index in [1.165, 1.54) is 36.5 Å². The number of H-pyrrole nitrogens is 1. The lowest BCUT2D eigenvalue weighted by Gasteiger charge is -2.12. The van der Waals surface area contributed by atoms with Gasteiger partial charge in [0.25, 0.3) is 5.91 Å². The fraction of sp³-hybridized carbons (Fsp3) is 0.0645. The van der Waals surface area contributed by atoms with E-state index in [0.717, 1.165) is 0 Å². The number of fused-ring (bicyclic) bond motifs is 1. The molecule has 0 spiro atoms. The van der Waals surface area contributed by atoms with Gasteiger partial charge in [0, 0.05) is 26.6 Å². The van der Waals surface area contributed by atoms with Gasteiger partial charge >= 0.3 is 5.97 Å². The number of ether oxygens (including phenoxy) is 2. The van der Waals surface area contributed by atoms with E-state index in [2.05, 4.69) is 15.5 Å². The van der Waals surface area contributed by atoms with Crippen LogP contribution >= 0.6 is 34.8 Å². The second-order valence-electron chi connectivity index (χ2n) is 8.87. The van der Waals surface area contributed by atoms with Crippen LogP contribution in [-0.2, 0) is 0 Å². The third-order valence-electron chi connectivity index (χ3n) is 6.15. The number of esters is 1. The number of carbonyl (C=O) groups is 2. The predicted octanol–water partition coefficient (Wildman–Crippen LogP) is 8.32. The van der Waals surface area contributed by atoms with E-state index < -0.39 is 17.7 Å². The molecular formula is C31H21Cl3FN3O4. The second-order valence-corrected chi connectivity index (χ2v) is 10.1. The van der Waals surface area contributed by atoms with Gasteiger partial charge in [-0.05, 0) is 61.0 Å². The number of hydrogen-bond donors (Lipinski definition) is 2. The summed E-state index contributed by atoms with van der Waals surface area (Å²) in [4.78, 5) is 28.8. The number of benzene rings is 4. The normalized spacial score (nSPS) is 11.2. The van der Waals surface area contributed by atoms with Crippen LogP contribution in [0.5, 0.6) is 11.5 Å². The van der Waals surface area contributed by atoms with Gasteiger partial charge in [-0.1, -0.05) is 65.1 Å². The Kier molecular flexibility index (Phi) is 8.77. The summed E-state index contributed by atoms with van der Waals surface area (Å²) in [5.74, 6) is -1.36. The van der Waals surface area contributed by atoms with E-state index in [1.807, 2.05) is 0 Å². The van der Waals surface area contributed by atoms with Gasteiger partial charge in [0.1, 0.15) is 11.5 Å². The Balaban J connectivity index is 1.38. The van der Waals surface area contributed by atoms with Crippen molar-refractivity contribution >= 4 is 63.8 Å². The molecule has 0 bridgehead atoms. The van der Waals surface area contributed by atoms with Crippen LogP contribution in [0.15, 0.2) is 84.0 Å². The number of aromatic amines is 1. The van der Waals surface area contributed by atoms with Gasteiger partial charge in [-0.15, -0.1) is 0 Å². The number of nitrogens with one attached hydrogen (secondary N) is 2. The number of hydrazone groups is 1. The largest absolute Gasteiger partial charge is 0.490 e. The molecule has 0 fully saturated rings. The lowest BCUT2D eigenvalue weighted by molar-refractivity contribution is 0.0728. The fourth-order valence-corrected chi connectivity index (χ4v) is 5.00. The molecule has 0 saturated heterocycles. The summed E-state index contributed by atoms with van der Waals surface area (Å²) in [6.07, 6.45) is 1.39. The molecule has 0 aliphatic carbocycles. The van der Waals surface area contributed by atoms with Crippen molar-refractivity contribution in [3.8, 4) is 22.6 Å². The highest BCUT2D eigenvalue weighted by atomic mass is 35.5. The number of aromatic nitrogens is 1. The molecule has 0 aliphatic heterocycles. The molecule has 5 rings (SSSR count). The van der Waals surface area contributed by atoms with Gasteiger partial charge in [-0.2, -0.15) is 5.10 Å². The van der Waals surface area contributed by atoms with Gasteiger partial charge in [-0.25, -0.2) is 14.6 Å². The van der Waals surface area contributed by atoms with Crippen LogP contribution < -0.4 is 14.9 Å². The minimum absolute atomic E-state index is 0.0958. The van der Waals surface area contributed by atoms with Crippen molar-refractivity contribution < 1.29 is 23.5 Å². The van der Waals surface area contributed by atoms with E-state index in [9.17, 15) is 14.0 Å². The maximum absolute atomic E-state index is 14.6. The summed E-state index contributed by atoms with van der Waals surface area (Å²) in [7, 11) is 0. The summed E-state index contributed by atoms with van der Waals surface area (Å²) in [6.45, 7) is 2.08. The average Bonchev–Trinajstić information content (AvgIpc) is 3.35. The van der Waals surface area contributed by atoms with Crippen molar-refractivity contribution in [3.63, 3.8) is 0 Å². The Morgan fingerprint density at radius 3 is 2.52 bits per heavy atom. The zero-order valence-electron chi connectivity index (χ0n) is 21.9. The summed E-state index contributed by atoms with van der Waals surface area (Å²) in [5, 5.41) is 5.51. The predicted molar refractivity (Wildman–Crippen MR) is 163 cm³/mol. The number of carbonyl (C=O) groups excluding carboxylic acids is 2. The Hall–Kier alpha value is -4.37. The monoisotopic (exact) mass is 623 g/mol. The zero-order chi connectivity index (χ0) is 29.8. The number of amides is 1. The number of halogens is 4. The van der Waals surface area contributed by atoms with Crippen LogP contribution in [0.4, 0.5) is 4.39 Å². The van der Waals surface area contributed by atoms with Crippen molar-refractivity contribution in [1.82, 2.24) is 10.4 Å². The average molecular weight is 625 g/mol. The molecule has 2 N–H and O–H groups in total. The molecule has 4 aromatic carbocycles. The molecule has 11 heteroatoms. The zero-order valence-corrected chi connectivity index (χ0v) is 24.1. The van der Waals surface area contributed by atoms with E-state index >= 15 is 0 Å². The molecule has 0 radical (unpaired) electrons. The molecule has 1 aromatic heterocycles. The minimum atomic E-state index is -0.685. The SMILES string of the molecule is CCOc1cc(C=NNC(=O)c2[nH]c3c(F)cccc3c2-c2ccccc2Cl)ccc1OC(=O)c1ccc(Cl)cc1Cl. The lowest BCUT2D eigenvalue weighted by Crippen LogP contribution is -2.19. The Labute approximate surface area is 254 Å². The van der Waals surface area contributed by atoms with E-state index in [0.29, 0.717) is 38.7 Å². The highest BCUT2D eigenvalue weighted by Crippen LogP contribution is 2.37. The first-order valence-electron chi connectivity index (χ1n) is 12.6. The third kappa shape index (κ3) is 6.11. The van der Waals surface area contributed by atoms with Crippen molar-refractivity contribution in [2.24, 2.45) is 5.10 Å². The third-order valence-corrected chi connectivity index (χ3v) is 7.03. The first-order chi connectivity index (χ1) is 20.3. The van der Waals surface area contributed by atoms with E-state index in [1.54, 1.807) is 55.5 Å². The first kappa shape index (κ1) is 29.1. The molecule has 212 valence electrons. The van der Waals surface area contributed by atoms with Crippen LogP contribution in [0.3, 0.4) is 0 Å². The molecule has 7 nitrogen and oxygen atoms in total. The smallest absolute Gasteiger partial charge is 0.345 e. The van der Waals surface area contributed by atoms with Gasteiger partial charge in [0.15, 0.2) is 11.5 Å². The Morgan fingerprint density at radius 1 is 0.952 bits per heavy atom. The maximum Gasteiger partial charge on any atom is 0.345 e. The summed E-state index contributed by atoms with van der Waals surface area (Å²) in [5.41, 5.74) is 4.44. The number of nitrogens with zero attached hydrogens (tertiary/aromatic N) is 1. The summed E-state index contributed by atoms with van der Waals surface area (Å²) < 4.78 is 25.8. The molecular weight excluding hydrogens is 604 g/mol. The fourth-order valence-electron chi connectivity index (χ4n) is 4.28. The van der Waals surface area contributed by atoms with Gasteiger partial charge in [0.2, 0.25) is 0 Å². The van der Waals surface area contributed by atoms with Gasteiger partial charge in [0.05, 0.1) is 28.9 Å². The Bertz CT molecular complexity index is 1860. The molecule has 0 unspecified atom stereocenters. The molecule has 0 atom stereocenters. The molecule has 1 amide bonds. The Morgan fingerprint density at radius 2 is 1.76 bits per heavy atom. The van der Waals surface area contributed by atoms with Crippen molar-refractivity contribution in [2.45, 2.75) is 6.92 Å².